The van der Waals surface area contributed by atoms with Crippen molar-refractivity contribution in [3.05, 3.63) is 56.4 Å². The Hall–Kier alpha value is -1.92. The van der Waals surface area contributed by atoms with Crippen molar-refractivity contribution in [2.24, 2.45) is 0 Å². The van der Waals surface area contributed by atoms with Gasteiger partial charge in [0, 0.05) is 12.1 Å². The Balaban J connectivity index is 2.39. The number of halogens is 2. The van der Waals surface area contributed by atoms with Crippen LogP contribution in [0.2, 0.25) is 10.3 Å². The molecule has 0 saturated heterocycles. The maximum atomic E-state index is 11.1. The maximum absolute atomic E-state index is 11.1. The van der Waals surface area contributed by atoms with Crippen molar-refractivity contribution in [3.63, 3.8) is 0 Å². The van der Waals surface area contributed by atoms with Gasteiger partial charge in [0.15, 0.2) is 0 Å². The highest BCUT2D eigenvalue weighted by molar-refractivity contribution is 6.30. The van der Waals surface area contributed by atoms with E-state index < -0.39 is 4.92 Å². The number of aromatic nitrogens is 2. The molecular weight excluding hydrogens is 315 g/mol. The molecular formula is C13H12Cl2N4O2. The fourth-order valence-corrected chi connectivity index (χ4v) is 2.14. The van der Waals surface area contributed by atoms with Crippen molar-refractivity contribution in [1.82, 2.24) is 9.97 Å². The van der Waals surface area contributed by atoms with Gasteiger partial charge in [0.25, 0.3) is 0 Å². The van der Waals surface area contributed by atoms with Crippen LogP contribution in [-0.4, -0.2) is 21.9 Å². The number of hydrogen-bond acceptors (Lipinski definition) is 5. The first kappa shape index (κ1) is 15.5. The minimum absolute atomic E-state index is 0.0363. The summed E-state index contributed by atoms with van der Waals surface area (Å²) >= 11 is 11.6. The van der Waals surface area contributed by atoms with Gasteiger partial charge in [-0.2, -0.15) is 4.98 Å². The van der Waals surface area contributed by atoms with E-state index in [4.69, 9.17) is 23.2 Å². The smallest absolute Gasteiger partial charge is 0.329 e. The van der Waals surface area contributed by atoms with E-state index in [2.05, 4.69) is 9.97 Å². The van der Waals surface area contributed by atoms with Gasteiger partial charge in [-0.25, -0.2) is 4.98 Å². The number of rotatable bonds is 4. The molecule has 2 rings (SSSR count). The van der Waals surface area contributed by atoms with Gasteiger partial charge in [-0.1, -0.05) is 23.7 Å². The molecule has 0 amide bonds. The summed E-state index contributed by atoms with van der Waals surface area (Å²) in [5.74, 6) is 0.169. The first-order chi connectivity index (χ1) is 9.90. The summed E-state index contributed by atoms with van der Waals surface area (Å²) in [6.07, 6.45) is 1.11. The molecule has 1 atom stereocenters. The van der Waals surface area contributed by atoms with Crippen molar-refractivity contribution >= 4 is 34.7 Å². The average Bonchev–Trinajstić information content (AvgIpc) is 2.46. The Kier molecular flexibility index (Phi) is 4.59. The molecule has 0 bridgehead atoms. The van der Waals surface area contributed by atoms with E-state index >= 15 is 0 Å². The number of nitro groups is 1. The molecule has 6 nitrogen and oxygen atoms in total. The number of anilines is 1. The van der Waals surface area contributed by atoms with E-state index in [0.717, 1.165) is 11.8 Å². The molecule has 8 heteroatoms. The predicted octanol–water partition coefficient (Wildman–Crippen LogP) is 3.89. The zero-order valence-electron chi connectivity index (χ0n) is 11.3. The molecule has 0 radical (unpaired) electrons. The topological polar surface area (TPSA) is 72.2 Å². The molecule has 1 aromatic heterocycles. The summed E-state index contributed by atoms with van der Waals surface area (Å²) in [5, 5.41) is 11.7. The molecule has 1 unspecified atom stereocenters. The van der Waals surface area contributed by atoms with Gasteiger partial charge in [-0.15, -0.1) is 0 Å². The van der Waals surface area contributed by atoms with Crippen LogP contribution >= 0.6 is 23.2 Å². The van der Waals surface area contributed by atoms with Crippen LogP contribution in [0, 0.1) is 10.1 Å². The third-order valence-corrected chi connectivity index (χ3v) is 3.62. The van der Waals surface area contributed by atoms with E-state index in [1.54, 1.807) is 24.1 Å². The maximum Gasteiger partial charge on any atom is 0.329 e. The third-order valence-electron chi connectivity index (χ3n) is 3.18. The molecule has 2 aromatic rings. The second kappa shape index (κ2) is 6.24. The lowest BCUT2D eigenvalue weighted by molar-refractivity contribution is -0.384. The molecule has 0 N–H and O–H groups in total. The number of benzene rings is 1. The van der Waals surface area contributed by atoms with Gasteiger partial charge in [0.2, 0.25) is 11.1 Å². The lowest BCUT2D eigenvalue weighted by Gasteiger charge is -2.25. The first-order valence-electron chi connectivity index (χ1n) is 6.05. The fraction of sp³-hybridized carbons (Fsp3) is 0.231. The SMILES string of the molecule is CC(c1ccc(Cl)cc1)N(C)c1nc(Cl)ncc1[N+](=O)[O-]. The van der Waals surface area contributed by atoms with Crippen molar-refractivity contribution in [1.29, 1.82) is 0 Å². The normalized spacial score (nSPS) is 12.0. The highest BCUT2D eigenvalue weighted by Crippen LogP contribution is 2.31. The molecule has 0 saturated carbocycles. The molecule has 110 valence electrons. The van der Waals surface area contributed by atoms with Gasteiger partial charge < -0.3 is 4.90 Å². The van der Waals surface area contributed by atoms with Gasteiger partial charge in [-0.3, -0.25) is 10.1 Å². The van der Waals surface area contributed by atoms with Gasteiger partial charge in [0.1, 0.15) is 6.20 Å². The molecule has 21 heavy (non-hydrogen) atoms. The van der Waals surface area contributed by atoms with Crippen LogP contribution < -0.4 is 4.90 Å². The van der Waals surface area contributed by atoms with E-state index in [0.29, 0.717) is 5.02 Å². The molecule has 0 spiro atoms. The summed E-state index contributed by atoms with van der Waals surface area (Å²) in [4.78, 5) is 19.9. The van der Waals surface area contributed by atoms with E-state index in [-0.39, 0.29) is 22.8 Å². The summed E-state index contributed by atoms with van der Waals surface area (Å²) in [7, 11) is 1.71. The van der Waals surface area contributed by atoms with Crippen LogP contribution in [0.4, 0.5) is 11.5 Å². The minimum Gasteiger partial charge on any atom is -0.347 e. The van der Waals surface area contributed by atoms with Crippen LogP contribution in [0.25, 0.3) is 0 Å². The molecule has 0 fully saturated rings. The molecule has 0 aliphatic heterocycles. The summed E-state index contributed by atoms with van der Waals surface area (Å²) in [6.45, 7) is 1.91. The van der Waals surface area contributed by atoms with Crippen LogP contribution in [0.3, 0.4) is 0 Å². The molecule has 1 aromatic carbocycles. The second-order valence-corrected chi connectivity index (χ2v) is 5.22. The van der Waals surface area contributed by atoms with E-state index in [9.17, 15) is 10.1 Å². The standard InChI is InChI=1S/C13H12Cl2N4O2/c1-8(9-3-5-10(14)6-4-9)18(2)12-11(19(20)21)7-16-13(15)17-12/h3-8H,1-2H3. The quantitative estimate of drug-likeness (QED) is 0.484. The first-order valence-corrected chi connectivity index (χ1v) is 6.81. The Morgan fingerprint density at radius 3 is 2.48 bits per heavy atom. The summed E-state index contributed by atoms with van der Waals surface area (Å²) in [6, 6.07) is 7.11. The molecule has 0 aliphatic rings. The minimum atomic E-state index is -0.531. The third kappa shape index (κ3) is 3.40. The molecule has 1 heterocycles. The Morgan fingerprint density at radius 2 is 1.90 bits per heavy atom. The monoisotopic (exact) mass is 326 g/mol. The van der Waals surface area contributed by atoms with Gasteiger partial charge in [-0.05, 0) is 36.2 Å². The highest BCUT2D eigenvalue weighted by Gasteiger charge is 2.24. The van der Waals surface area contributed by atoms with E-state index in [1.807, 2.05) is 19.1 Å². The zero-order chi connectivity index (χ0) is 15.6. The lowest BCUT2D eigenvalue weighted by Crippen LogP contribution is -2.23. The number of hydrogen-bond donors (Lipinski definition) is 0. The van der Waals surface area contributed by atoms with Crippen molar-refractivity contribution in [2.75, 3.05) is 11.9 Å². The van der Waals surface area contributed by atoms with Crippen LogP contribution in [-0.2, 0) is 0 Å². The second-order valence-electron chi connectivity index (χ2n) is 4.44. The predicted molar refractivity (Wildman–Crippen MR) is 82.0 cm³/mol. The summed E-state index contributed by atoms with van der Waals surface area (Å²) in [5.41, 5.74) is 0.758. The molecule has 0 aliphatic carbocycles. The largest absolute Gasteiger partial charge is 0.347 e. The zero-order valence-corrected chi connectivity index (χ0v) is 12.8. The van der Waals surface area contributed by atoms with Gasteiger partial charge in [0.05, 0.1) is 11.0 Å². The Morgan fingerprint density at radius 1 is 1.29 bits per heavy atom. The van der Waals surface area contributed by atoms with Crippen LogP contribution in [0.1, 0.15) is 18.5 Å². The van der Waals surface area contributed by atoms with Crippen LogP contribution in [0.15, 0.2) is 30.5 Å². The van der Waals surface area contributed by atoms with Crippen molar-refractivity contribution in [2.45, 2.75) is 13.0 Å². The van der Waals surface area contributed by atoms with Crippen LogP contribution in [0.5, 0.6) is 0 Å². The summed E-state index contributed by atoms with van der Waals surface area (Å²) < 4.78 is 0. The van der Waals surface area contributed by atoms with Gasteiger partial charge >= 0.3 is 5.69 Å². The average molecular weight is 327 g/mol. The fourth-order valence-electron chi connectivity index (χ4n) is 1.88. The highest BCUT2D eigenvalue weighted by atomic mass is 35.5. The number of nitrogens with zero attached hydrogens (tertiary/aromatic N) is 4. The lowest BCUT2D eigenvalue weighted by atomic mass is 10.1. The van der Waals surface area contributed by atoms with E-state index in [1.165, 1.54) is 0 Å². The van der Waals surface area contributed by atoms with Crippen molar-refractivity contribution in [3.8, 4) is 0 Å². The van der Waals surface area contributed by atoms with Crippen molar-refractivity contribution < 1.29 is 4.92 Å². The Bertz CT molecular complexity index is 664. The Labute approximate surface area is 131 Å².